The van der Waals surface area contributed by atoms with Gasteiger partial charge in [-0.2, -0.15) is 0 Å². The molecule has 0 unspecified atom stereocenters. The van der Waals surface area contributed by atoms with E-state index in [0.717, 1.165) is 19.5 Å². The molecule has 1 aliphatic rings. The summed E-state index contributed by atoms with van der Waals surface area (Å²) in [5, 5.41) is 6.28. The van der Waals surface area contributed by atoms with Crippen LogP contribution in [0.1, 0.15) is 25.0 Å². The largest absolute Gasteiger partial charge is 0.351 e. The first kappa shape index (κ1) is 13.1. The second kappa shape index (κ2) is 5.11. The summed E-state index contributed by atoms with van der Waals surface area (Å²) < 4.78 is 0. The highest BCUT2D eigenvalue weighted by atomic mass is 16.2. The van der Waals surface area contributed by atoms with Gasteiger partial charge in [0, 0.05) is 18.6 Å². The summed E-state index contributed by atoms with van der Waals surface area (Å²) in [6.45, 7) is 7.91. The average Bonchev–Trinajstić information content (AvgIpc) is 2.17. The van der Waals surface area contributed by atoms with E-state index in [1.54, 1.807) is 0 Å². The van der Waals surface area contributed by atoms with Gasteiger partial charge in [-0.1, -0.05) is 24.3 Å². The summed E-state index contributed by atoms with van der Waals surface area (Å²) in [7, 11) is 0. The third kappa shape index (κ3) is 3.10. The quantitative estimate of drug-likeness (QED) is 0.848. The van der Waals surface area contributed by atoms with E-state index < -0.39 is 0 Å². The van der Waals surface area contributed by atoms with Crippen LogP contribution in [0.25, 0.3) is 0 Å². The maximum atomic E-state index is 12.0. The predicted octanol–water partition coefficient (Wildman–Crippen LogP) is 1.65. The van der Waals surface area contributed by atoms with Gasteiger partial charge in [-0.05, 0) is 38.3 Å². The average molecular weight is 246 g/mol. The zero-order chi connectivity index (χ0) is 13.2. The van der Waals surface area contributed by atoms with Crippen LogP contribution < -0.4 is 10.6 Å². The van der Waals surface area contributed by atoms with E-state index in [9.17, 15) is 4.79 Å². The molecule has 98 valence electrons. The predicted molar refractivity (Wildman–Crippen MR) is 73.5 cm³/mol. The molecular formula is C15H22N2O. The Balaban J connectivity index is 1.98. The summed E-state index contributed by atoms with van der Waals surface area (Å²) in [6.07, 6.45) is 0.867. The SMILES string of the molecule is Cc1ccccc1CC(C)(C)NC(=O)C1CNC1. The highest BCUT2D eigenvalue weighted by molar-refractivity contribution is 5.80. The van der Waals surface area contributed by atoms with Crippen molar-refractivity contribution in [2.75, 3.05) is 13.1 Å². The maximum absolute atomic E-state index is 12.0. The molecule has 2 N–H and O–H groups in total. The number of nitrogens with one attached hydrogen (secondary N) is 2. The summed E-state index contributed by atoms with van der Waals surface area (Å²) in [5.74, 6) is 0.327. The zero-order valence-electron chi connectivity index (χ0n) is 11.4. The van der Waals surface area contributed by atoms with E-state index in [-0.39, 0.29) is 17.4 Å². The van der Waals surface area contributed by atoms with Gasteiger partial charge in [0.05, 0.1) is 5.92 Å². The highest BCUT2D eigenvalue weighted by Gasteiger charge is 2.29. The van der Waals surface area contributed by atoms with Crippen molar-refractivity contribution < 1.29 is 4.79 Å². The normalized spacial score (nSPS) is 16.2. The molecule has 1 aromatic rings. The molecule has 18 heavy (non-hydrogen) atoms. The molecule has 0 aromatic heterocycles. The van der Waals surface area contributed by atoms with Gasteiger partial charge in [0.15, 0.2) is 0 Å². The van der Waals surface area contributed by atoms with Gasteiger partial charge in [0.2, 0.25) is 5.91 Å². The molecule has 0 aliphatic carbocycles. The topological polar surface area (TPSA) is 41.1 Å². The van der Waals surface area contributed by atoms with Gasteiger partial charge in [-0.25, -0.2) is 0 Å². The highest BCUT2D eigenvalue weighted by Crippen LogP contribution is 2.17. The first-order valence-electron chi connectivity index (χ1n) is 6.55. The van der Waals surface area contributed by atoms with Gasteiger partial charge in [0.1, 0.15) is 0 Å². The van der Waals surface area contributed by atoms with Crippen LogP contribution in [0.3, 0.4) is 0 Å². The van der Waals surface area contributed by atoms with Crippen LogP contribution >= 0.6 is 0 Å². The number of hydrogen-bond acceptors (Lipinski definition) is 2. The molecule has 1 heterocycles. The van der Waals surface area contributed by atoms with E-state index in [2.05, 4.69) is 49.6 Å². The molecule has 1 fully saturated rings. The molecule has 1 saturated heterocycles. The summed E-state index contributed by atoms with van der Waals surface area (Å²) in [4.78, 5) is 12.0. The van der Waals surface area contributed by atoms with Crippen molar-refractivity contribution in [1.29, 1.82) is 0 Å². The molecule has 0 saturated carbocycles. The molecule has 1 aromatic carbocycles. The Bertz CT molecular complexity index is 436. The molecule has 0 spiro atoms. The van der Waals surface area contributed by atoms with Gasteiger partial charge < -0.3 is 10.6 Å². The number of benzene rings is 1. The Hall–Kier alpha value is -1.35. The van der Waals surface area contributed by atoms with Gasteiger partial charge >= 0.3 is 0 Å². The fraction of sp³-hybridized carbons (Fsp3) is 0.533. The van der Waals surface area contributed by atoms with E-state index in [4.69, 9.17) is 0 Å². The number of rotatable bonds is 4. The standard InChI is InChI=1S/C15H22N2O/c1-11-6-4-5-7-12(11)8-15(2,3)17-14(18)13-9-16-10-13/h4-7,13,16H,8-10H2,1-3H3,(H,17,18). The number of amides is 1. The third-order valence-corrected chi connectivity index (χ3v) is 3.51. The second-order valence-electron chi connectivity index (χ2n) is 5.83. The molecule has 0 bridgehead atoms. The molecule has 3 heteroatoms. The zero-order valence-corrected chi connectivity index (χ0v) is 11.4. The number of carbonyl (C=O) groups excluding carboxylic acids is 1. The Morgan fingerprint density at radius 1 is 1.39 bits per heavy atom. The second-order valence-corrected chi connectivity index (χ2v) is 5.83. The van der Waals surface area contributed by atoms with Crippen LogP contribution in [0.2, 0.25) is 0 Å². The minimum atomic E-state index is -0.196. The Labute approximate surface area is 109 Å². The van der Waals surface area contributed by atoms with Crippen molar-refractivity contribution >= 4 is 5.91 Å². The Morgan fingerprint density at radius 2 is 2.06 bits per heavy atom. The number of aryl methyl sites for hydroxylation is 1. The molecule has 3 nitrogen and oxygen atoms in total. The minimum Gasteiger partial charge on any atom is -0.351 e. The van der Waals surface area contributed by atoms with E-state index >= 15 is 0 Å². The lowest BCUT2D eigenvalue weighted by molar-refractivity contribution is -0.128. The van der Waals surface area contributed by atoms with Crippen LogP contribution in [-0.2, 0) is 11.2 Å². The number of carbonyl (C=O) groups is 1. The number of hydrogen-bond donors (Lipinski definition) is 2. The van der Waals surface area contributed by atoms with E-state index in [0.29, 0.717) is 0 Å². The molecule has 0 radical (unpaired) electrons. The molecule has 0 atom stereocenters. The lowest BCUT2D eigenvalue weighted by atomic mass is 9.91. The molecule has 1 aliphatic heterocycles. The van der Waals surface area contributed by atoms with Gasteiger partial charge in [-0.3, -0.25) is 4.79 Å². The first-order chi connectivity index (χ1) is 8.48. The lowest BCUT2D eigenvalue weighted by Gasteiger charge is -2.32. The van der Waals surface area contributed by atoms with Crippen LogP contribution in [0.4, 0.5) is 0 Å². The van der Waals surface area contributed by atoms with Crippen LogP contribution in [-0.4, -0.2) is 24.5 Å². The van der Waals surface area contributed by atoms with Crippen molar-refractivity contribution in [1.82, 2.24) is 10.6 Å². The van der Waals surface area contributed by atoms with Crippen molar-refractivity contribution in [2.45, 2.75) is 32.7 Å². The van der Waals surface area contributed by atoms with Crippen LogP contribution in [0, 0.1) is 12.8 Å². The van der Waals surface area contributed by atoms with Crippen molar-refractivity contribution in [2.24, 2.45) is 5.92 Å². The lowest BCUT2D eigenvalue weighted by Crippen LogP contribution is -2.55. The summed E-state index contributed by atoms with van der Waals surface area (Å²) in [5.41, 5.74) is 2.39. The van der Waals surface area contributed by atoms with Gasteiger partial charge in [0.25, 0.3) is 0 Å². The Kier molecular flexibility index (Phi) is 3.71. The molecular weight excluding hydrogens is 224 g/mol. The summed E-state index contributed by atoms with van der Waals surface area (Å²) in [6, 6.07) is 8.34. The fourth-order valence-corrected chi connectivity index (χ4v) is 2.24. The molecule has 1 amide bonds. The fourth-order valence-electron chi connectivity index (χ4n) is 2.24. The van der Waals surface area contributed by atoms with Crippen molar-refractivity contribution in [3.63, 3.8) is 0 Å². The monoisotopic (exact) mass is 246 g/mol. The van der Waals surface area contributed by atoms with Crippen LogP contribution in [0.15, 0.2) is 24.3 Å². The van der Waals surface area contributed by atoms with E-state index in [1.165, 1.54) is 11.1 Å². The molecule has 2 rings (SSSR count). The van der Waals surface area contributed by atoms with Crippen LogP contribution in [0.5, 0.6) is 0 Å². The van der Waals surface area contributed by atoms with E-state index in [1.807, 2.05) is 6.07 Å². The smallest absolute Gasteiger partial charge is 0.226 e. The van der Waals surface area contributed by atoms with Gasteiger partial charge in [-0.15, -0.1) is 0 Å². The van der Waals surface area contributed by atoms with Crippen molar-refractivity contribution in [3.05, 3.63) is 35.4 Å². The minimum absolute atomic E-state index is 0.154. The summed E-state index contributed by atoms with van der Waals surface area (Å²) >= 11 is 0. The maximum Gasteiger partial charge on any atom is 0.226 e. The first-order valence-corrected chi connectivity index (χ1v) is 6.55. The van der Waals surface area contributed by atoms with Crippen molar-refractivity contribution in [3.8, 4) is 0 Å². The third-order valence-electron chi connectivity index (χ3n) is 3.51. The Morgan fingerprint density at radius 3 is 2.61 bits per heavy atom.